The summed E-state index contributed by atoms with van der Waals surface area (Å²) < 4.78 is 0. The molecule has 52 heavy (non-hydrogen) atoms. The lowest BCUT2D eigenvalue weighted by atomic mass is 9.78. The Morgan fingerprint density at radius 2 is 1.19 bits per heavy atom. The highest BCUT2D eigenvalue weighted by Crippen LogP contribution is 2.53. The first-order valence-electron chi connectivity index (χ1n) is 18.5. The van der Waals surface area contributed by atoms with E-state index in [9.17, 15) is 0 Å². The van der Waals surface area contributed by atoms with E-state index in [-0.39, 0.29) is 5.41 Å². The molecule has 0 N–H and O–H groups in total. The predicted octanol–water partition coefficient (Wildman–Crippen LogP) is 13.6. The van der Waals surface area contributed by atoms with Crippen LogP contribution in [0.4, 0.5) is 0 Å². The fraction of sp³-hybridized carbons (Fsp3) is 0.118. The van der Waals surface area contributed by atoms with Gasteiger partial charge in [-0.2, -0.15) is 0 Å². The van der Waals surface area contributed by atoms with E-state index in [2.05, 4.69) is 185 Å². The molecule has 10 rings (SSSR count). The minimum Gasteiger partial charge on any atom is -0.247 e. The minimum absolute atomic E-state index is 0.165. The van der Waals surface area contributed by atoms with Crippen LogP contribution in [0.5, 0.6) is 0 Å². The van der Waals surface area contributed by atoms with E-state index in [1.165, 1.54) is 88.5 Å². The average molecular weight is 666 g/mol. The van der Waals surface area contributed by atoms with Crippen LogP contribution < -0.4 is 0 Å². The zero-order valence-corrected chi connectivity index (χ0v) is 29.8. The van der Waals surface area contributed by atoms with Gasteiger partial charge >= 0.3 is 0 Å². The Bertz CT molecular complexity index is 2740. The molecule has 0 bridgehead atoms. The first-order chi connectivity index (χ1) is 25.4. The van der Waals surface area contributed by atoms with Gasteiger partial charge in [0.15, 0.2) is 0 Å². The number of pyridine rings is 1. The molecule has 2 aliphatic rings. The summed E-state index contributed by atoms with van der Waals surface area (Å²) in [4.78, 5) is 5.27. The number of allylic oxidation sites excluding steroid dienone is 1. The third-order valence-corrected chi connectivity index (χ3v) is 11.5. The van der Waals surface area contributed by atoms with E-state index < -0.39 is 0 Å². The second-order valence-electron chi connectivity index (χ2n) is 15.3. The van der Waals surface area contributed by atoms with Crippen LogP contribution in [0.3, 0.4) is 0 Å². The molecular formula is C51H39N. The quantitative estimate of drug-likeness (QED) is 0.182. The summed E-state index contributed by atoms with van der Waals surface area (Å²) in [5.74, 6) is 0.580. The fourth-order valence-electron chi connectivity index (χ4n) is 8.81. The average Bonchev–Trinajstić information content (AvgIpc) is 3.42. The van der Waals surface area contributed by atoms with Crippen molar-refractivity contribution in [3.63, 3.8) is 0 Å². The smallest absolute Gasteiger partial charge is 0.0759 e. The van der Waals surface area contributed by atoms with Gasteiger partial charge in [-0.1, -0.05) is 148 Å². The van der Waals surface area contributed by atoms with Crippen molar-refractivity contribution >= 4 is 27.8 Å². The molecule has 1 aromatic heterocycles. The van der Waals surface area contributed by atoms with Crippen LogP contribution in [-0.2, 0) is 11.8 Å². The fourth-order valence-corrected chi connectivity index (χ4v) is 8.81. The Morgan fingerprint density at radius 1 is 0.558 bits per heavy atom. The van der Waals surface area contributed by atoms with E-state index >= 15 is 0 Å². The summed E-state index contributed by atoms with van der Waals surface area (Å²) in [6.07, 6.45) is 5.74. The van der Waals surface area contributed by atoms with Crippen LogP contribution >= 0.6 is 0 Å². The normalized spacial score (nSPS) is 15.4. The molecular weight excluding hydrogens is 627 g/mol. The minimum atomic E-state index is -0.165. The second-order valence-corrected chi connectivity index (χ2v) is 15.3. The van der Waals surface area contributed by atoms with Crippen molar-refractivity contribution < 1.29 is 0 Å². The number of fused-ring (bicyclic) bond motifs is 6. The van der Waals surface area contributed by atoms with Crippen molar-refractivity contribution in [3.05, 3.63) is 180 Å². The molecule has 1 heteroatoms. The topological polar surface area (TPSA) is 12.9 Å². The first-order valence-corrected chi connectivity index (χ1v) is 18.5. The monoisotopic (exact) mass is 665 g/mol. The molecule has 2 aliphatic carbocycles. The molecule has 1 heterocycles. The van der Waals surface area contributed by atoms with Crippen LogP contribution in [0.2, 0.25) is 0 Å². The van der Waals surface area contributed by atoms with Crippen molar-refractivity contribution in [2.75, 3.05) is 0 Å². The molecule has 0 spiro atoms. The molecule has 0 saturated heterocycles. The highest BCUT2D eigenvalue weighted by atomic mass is 14.7. The molecule has 0 amide bonds. The SMILES string of the molecule is CC1C=Cc2cc(-c3cc(-c4ccc(-c5c6c(nc7ccccc57)-c5ccccc5C6(C)C)cc4)cc(-c4ccc5ccccc5c4)c3)ccc2C1. The van der Waals surface area contributed by atoms with Gasteiger partial charge in [-0.05, 0) is 126 Å². The Labute approximate surface area is 306 Å². The Balaban J connectivity index is 1.13. The summed E-state index contributed by atoms with van der Waals surface area (Å²) in [5.41, 5.74) is 18.5. The van der Waals surface area contributed by atoms with Gasteiger partial charge in [0, 0.05) is 16.4 Å². The molecule has 248 valence electrons. The van der Waals surface area contributed by atoms with E-state index in [0.29, 0.717) is 5.92 Å². The van der Waals surface area contributed by atoms with Gasteiger partial charge in [0.1, 0.15) is 0 Å². The number of hydrogen-bond acceptors (Lipinski definition) is 1. The lowest BCUT2D eigenvalue weighted by Crippen LogP contribution is -2.16. The number of aromatic nitrogens is 1. The van der Waals surface area contributed by atoms with Crippen molar-refractivity contribution in [1.82, 2.24) is 4.98 Å². The largest absolute Gasteiger partial charge is 0.247 e. The van der Waals surface area contributed by atoms with E-state index in [4.69, 9.17) is 4.98 Å². The third kappa shape index (κ3) is 4.95. The molecule has 1 nitrogen and oxygen atoms in total. The molecule has 0 radical (unpaired) electrons. The first kappa shape index (κ1) is 30.7. The van der Waals surface area contributed by atoms with Crippen molar-refractivity contribution in [2.45, 2.75) is 32.6 Å². The van der Waals surface area contributed by atoms with Crippen LogP contribution in [0.15, 0.2) is 158 Å². The molecule has 0 fully saturated rings. The molecule has 0 aliphatic heterocycles. The van der Waals surface area contributed by atoms with E-state index in [1.54, 1.807) is 0 Å². The number of rotatable bonds is 4. The highest BCUT2D eigenvalue weighted by Gasteiger charge is 2.39. The summed E-state index contributed by atoms with van der Waals surface area (Å²) in [6.45, 7) is 6.99. The lowest BCUT2D eigenvalue weighted by Gasteiger charge is -2.25. The van der Waals surface area contributed by atoms with Gasteiger partial charge in [-0.3, -0.25) is 0 Å². The van der Waals surface area contributed by atoms with Gasteiger partial charge in [-0.25, -0.2) is 4.98 Å². The van der Waals surface area contributed by atoms with Crippen molar-refractivity contribution in [2.24, 2.45) is 5.92 Å². The zero-order valence-electron chi connectivity index (χ0n) is 29.8. The van der Waals surface area contributed by atoms with Crippen molar-refractivity contribution in [1.29, 1.82) is 0 Å². The third-order valence-electron chi connectivity index (χ3n) is 11.5. The molecule has 1 atom stereocenters. The Morgan fingerprint density at radius 3 is 2.02 bits per heavy atom. The van der Waals surface area contributed by atoms with Crippen LogP contribution in [0.25, 0.3) is 83.5 Å². The van der Waals surface area contributed by atoms with Gasteiger partial charge < -0.3 is 0 Å². The number of benzene rings is 7. The number of hydrogen-bond donors (Lipinski definition) is 0. The molecule has 8 aromatic rings. The standard InChI is InChI=1S/C51H39N/c1-32-16-17-38-28-40(25-24-37(38)26-32)43-30-41(29-42(31-43)39-23-20-33-10-4-5-11-36(33)27-39)34-18-21-35(22-19-34)48-45-13-7-9-15-47(45)52-50-44-12-6-8-14-46(44)51(2,3)49(48)50/h4-25,27-32H,26H2,1-3H3. The van der Waals surface area contributed by atoms with E-state index in [0.717, 1.165) is 17.6 Å². The summed E-state index contributed by atoms with van der Waals surface area (Å²) >= 11 is 0. The lowest BCUT2D eigenvalue weighted by molar-refractivity contribution is 0.662. The Hall–Kier alpha value is -6.05. The highest BCUT2D eigenvalue weighted by molar-refractivity contribution is 6.02. The van der Waals surface area contributed by atoms with Gasteiger partial charge in [0.05, 0.1) is 11.2 Å². The summed E-state index contributed by atoms with van der Waals surface area (Å²) in [6, 6.07) is 56.3. The maximum Gasteiger partial charge on any atom is 0.0759 e. The summed E-state index contributed by atoms with van der Waals surface area (Å²) in [7, 11) is 0. The number of nitrogens with zero attached hydrogens (tertiary/aromatic N) is 1. The van der Waals surface area contributed by atoms with Gasteiger partial charge in [0.25, 0.3) is 0 Å². The second kappa shape index (κ2) is 11.8. The van der Waals surface area contributed by atoms with Gasteiger partial charge in [0.2, 0.25) is 0 Å². The predicted molar refractivity (Wildman–Crippen MR) is 220 cm³/mol. The maximum atomic E-state index is 5.27. The number of para-hydroxylation sites is 1. The Kier molecular flexibility index (Phi) is 6.95. The zero-order chi connectivity index (χ0) is 35.0. The summed E-state index contributed by atoms with van der Waals surface area (Å²) in [5, 5.41) is 3.72. The molecule has 0 saturated carbocycles. The van der Waals surface area contributed by atoms with Crippen molar-refractivity contribution in [3.8, 4) is 55.8 Å². The van der Waals surface area contributed by atoms with Gasteiger partial charge in [-0.15, -0.1) is 0 Å². The molecule has 7 aromatic carbocycles. The molecule has 1 unspecified atom stereocenters. The van der Waals surface area contributed by atoms with E-state index in [1.807, 2.05) is 0 Å². The maximum absolute atomic E-state index is 5.27. The van der Waals surface area contributed by atoms with Crippen LogP contribution in [-0.4, -0.2) is 4.98 Å². The van der Waals surface area contributed by atoms with Crippen LogP contribution in [0.1, 0.15) is 43.0 Å². The van der Waals surface area contributed by atoms with Crippen LogP contribution in [0, 0.1) is 5.92 Å².